The van der Waals surface area contributed by atoms with Crippen molar-refractivity contribution in [3.8, 4) is 11.8 Å². The van der Waals surface area contributed by atoms with Gasteiger partial charge in [-0.05, 0) is 25.1 Å². The van der Waals surface area contributed by atoms with Crippen molar-refractivity contribution in [2.75, 3.05) is 13.1 Å². The molecule has 1 aliphatic heterocycles. The van der Waals surface area contributed by atoms with Gasteiger partial charge in [-0.15, -0.1) is 0 Å². The van der Waals surface area contributed by atoms with Crippen molar-refractivity contribution in [3.63, 3.8) is 0 Å². The van der Waals surface area contributed by atoms with Gasteiger partial charge in [-0.2, -0.15) is 0 Å². The van der Waals surface area contributed by atoms with Gasteiger partial charge in [0.25, 0.3) is 0 Å². The molecular formula is C19H19ClN2O3. The van der Waals surface area contributed by atoms with Gasteiger partial charge in [0.05, 0.1) is 12.1 Å². The number of likely N-dealkylation sites (tertiary alicyclic amines) is 1. The molecule has 1 aliphatic rings. The minimum Gasteiger partial charge on any atom is -0.377 e. The zero-order valence-electron chi connectivity index (χ0n) is 14.0. The summed E-state index contributed by atoms with van der Waals surface area (Å²) in [5, 5.41) is 15.0. The summed E-state index contributed by atoms with van der Waals surface area (Å²) in [5.74, 6) is 6.44. The highest BCUT2D eigenvalue weighted by Gasteiger charge is 2.32. The molecule has 2 aromatic rings. The van der Waals surface area contributed by atoms with Crippen LogP contribution in [0.5, 0.6) is 0 Å². The lowest BCUT2D eigenvalue weighted by Crippen LogP contribution is -2.46. The van der Waals surface area contributed by atoms with Crippen LogP contribution in [0.4, 0.5) is 0 Å². The number of carbonyl (C=O) groups excluding carboxylic acids is 1. The summed E-state index contributed by atoms with van der Waals surface area (Å²) in [5.41, 5.74) is 0.439. The van der Waals surface area contributed by atoms with Crippen molar-refractivity contribution in [2.45, 2.75) is 31.8 Å². The van der Waals surface area contributed by atoms with Gasteiger partial charge < -0.3 is 14.5 Å². The first-order valence-corrected chi connectivity index (χ1v) is 8.52. The highest BCUT2D eigenvalue weighted by molar-refractivity contribution is 6.30. The number of rotatable bonds is 2. The lowest BCUT2D eigenvalue weighted by molar-refractivity contribution is -0.133. The quantitative estimate of drug-likeness (QED) is 0.838. The van der Waals surface area contributed by atoms with E-state index in [1.807, 2.05) is 19.1 Å². The van der Waals surface area contributed by atoms with Crippen LogP contribution < -0.4 is 0 Å². The summed E-state index contributed by atoms with van der Waals surface area (Å²) in [6.07, 6.45) is 1.02. The summed E-state index contributed by atoms with van der Waals surface area (Å²) < 4.78 is 5.08. The van der Waals surface area contributed by atoms with Gasteiger partial charge in [0.15, 0.2) is 0 Å². The molecule has 6 heteroatoms. The zero-order valence-corrected chi connectivity index (χ0v) is 14.7. The Balaban J connectivity index is 1.58. The summed E-state index contributed by atoms with van der Waals surface area (Å²) in [4.78, 5) is 14.0. The maximum atomic E-state index is 12.3. The van der Waals surface area contributed by atoms with E-state index in [9.17, 15) is 9.90 Å². The summed E-state index contributed by atoms with van der Waals surface area (Å²) in [6.45, 7) is 2.75. The van der Waals surface area contributed by atoms with Crippen molar-refractivity contribution in [1.82, 2.24) is 10.1 Å². The maximum absolute atomic E-state index is 12.3. The molecule has 0 radical (unpaired) electrons. The molecule has 1 N–H and O–H groups in total. The second-order valence-electron chi connectivity index (χ2n) is 6.28. The predicted octanol–water partition coefficient (Wildman–Crippen LogP) is 2.58. The molecule has 3 rings (SSSR count). The number of aliphatic hydroxyl groups is 1. The Hall–Kier alpha value is -2.29. The molecular weight excluding hydrogens is 340 g/mol. The first-order chi connectivity index (χ1) is 11.9. The normalized spacial score (nSPS) is 16.2. The number of benzene rings is 1. The van der Waals surface area contributed by atoms with Crippen molar-refractivity contribution >= 4 is 17.5 Å². The van der Waals surface area contributed by atoms with Gasteiger partial charge in [0.1, 0.15) is 11.4 Å². The average molecular weight is 359 g/mol. The van der Waals surface area contributed by atoms with E-state index >= 15 is 0 Å². The highest BCUT2D eigenvalue weighted by atomic mass is 35.5. The smallest absolute Gasteiger partial charge is 0.230 e. The Bertz CT molecular complexity index is 826. The summed E-state index contributed by atoms with van der Waals surface area (Å²) in [7, 11) is 0. The second kappa shape index (κ2) is 7.30. The van der Waals surface area contributed by atoms with E-state index in [0.717, 1.165) is 11.3 Å². The number of nitrogens with zero attached hydrogens (tertiary/aromatic N) is 2. The number of carbonyl (C=O) groups is 1. The third-order valence-electron chi connectivity index (χ3n) is 4.21. The molecule has 1 aromatic carbocycles. The topological polar surface area (TPSA) is 66.6 Å². The number of amides is 1. The van der Waals surface area contributed by atoms with Crippen LogP contribution in [-0.2, 0) is 11.2 Å². The van der Waals surface area contributed by atoms with E-state index in [1.165, 1.54) is 0 Å². The van der Waals surface area contributed by atoms with Crippen molar-refractivity contribution in [3.05, 3.63) is 52.4 Å². The van der Waals surface area contributed by atoms with Crippen LogP contribution in [0.15, 0.2) is 34.9 Å². The molecule has 0 spiro atoms. The second-order valence-corrected chi connectivity index (χ2v) is 6.72. The molecule has 1 aromatic heterocycles. The van der Waals surface area contributed by atoms with Crippen LogP contribution in [-0.4, -0.2) is 39.8 Å². The van der Waals surface area contributed by atoms with Crippen LogP contribution in [0.3, 0.4) is 0 Å². The molecule has 0 saturated carbocycles. The van der Waals surface area contributed by atoms with Crippen LogP contribution >= 0.6 is 11.6 Å². The fourth-order valence-electron chi connectivity index (χ4n) is 2.77. The Morgan fingerprint density at radius 3 is 2.80 bits per heavy atom. The maximum Gasteiger partial charge on any atom is 0.230 e. The number of hydrogen-bond donors (Lipinski definition) is 1. The first kappa shape index (κ1) is 17.5. The molecule has 25 heavy (non-hydrogen) atoms. The average Bonchev–Trinajstić information content (AvgIpc) is 2.99. The minimum absolute atomic E-state index is 0.0269. The van der Waals surface area contributed by atoms with Gasteiger partial charge >= 0.3 is 0 Å². The molecule has 1 amide bonds. The van der Waals surface area contributed by atoms with E-state index < -0.39 is 5.60 Å². The number of piperidine rings is 1. The Kier molecular flexibility index (Phi) is 5.12. The van der Waals surface area contributed by atoms with Crippen LogP contribution in [0.25, 0.3) is 0 Å². The number of hydrogen-bond acceptors (Lipinski definition) is 4. The highest BCUT2D eigenvalue weighted by Crippen LogP contribution is 2.22. The van der Waals surface area contributed by atoms with E-state index in [0.29, 0.717) is 36.7 Å². The monoisotopic (exact) mass is 358 g/mol. The van der Waals surface area contributed by atoms with Crippen molar-refractivity contribution in [1.29, 1.82) is 0 Å². The molecule has 1 fully saturated rings. The SMILES string of the molecule is Cc1cc(CC(=O)N2CCC(O)(C#Cc3cccc(Cl)c3)CC2)on1. The standard InChI is InChI=1S/C19H19ClN2O3/c1-14-11-17(25-21-14)13-18(23)22-9-7-19(24,8-10-22)6-5-15-3-2-4-16(20)12-15/h2-4,11-12,24H,7-10,13H2,1H3. The molecule has 130 valence electrons. The summed E-state index contributed by atoms with van der Waals surface area (Å²) >= 11 is 5.94. The lowest BCUT2D eigenvalue weighted by atomic mass is 9.91. The van der Waals surface area contributed by atoms with Crippen molar-refractivity contribution < 1.29 is 14.4 Å². The molecule has 2 heterocycles. The number of halogens is 1. The Morgan fingerprint density at radius 2 is 2.16 bits per heavy atom. The molecule has 0 bridgehead atoms. The number of aryl methyl sites for hydroxylation is 1. The molecule has 5 nitrogen and oxygen atoms in total. The molecule has 1 saturated heterocycles. The minimum atomic E-state index is -1.08. The first-order valence-electron chi connectivity index (χ1n) is 8.15. The van der Waals surface area contributed by atoms with Crippen LogP contribution in [0, 0.1) is 18.8 Å². The fourth-order valence-corrected chi connectivity index (χ4v) is 2.96. The van der Waals surface area contributed by atoms with E-state index in [1.54, 1.807) is 23.1 Å². The number of aromatic nitrogens is 1. The Labute approximate surface area is 151 Å². The van der Waals surface area contributed by atoms with Gasteiger partial charge in [0.2, 0.25) is 5.91 Å². The van der Waals surface area contributed by atoms with Crippen LogP contribution in [0.1, 0.15) is 29.9 Å². The Morgan fingerprint density at radius 1 is 1.40 bits per heavy atom. The molecule has 0 aliphatic carbocycles. The zero-order chi connectivity index (χ0) is 17.9. The molecule has 0 atom stereocenters. The molecule has 0 unspecified atom stereocenters. The van der Waals surface area contributed by atoms with Crippen molar-refractivity contribution in [2.24, 2.45) is 0 Å². The van der Waals surface area contributed by atoms with Gasteiger partial charge in [-0.3, -0.25) is 4.79 Å². The predicted molar refractivity (Wildman–Crippen MR) is 94.0 cm³/mol. The van der Waals surface area contributed by atoms with E-state index in [2.05, 4.69) is 17.0 Å². The largest absolute Gasteiger partial charge is 0.377 e. The van der Waals surface area contributed by atoms with E-state index in [-0.39, 0.29) is 12.3 Å². The lowest BCUT2D eigenvalue weighted by Gasteiger charge is -2.35. The van der Waals surface area contributed by atoms with E-state index in [4.69, 9.17) is 16.1 Å². The van der Waals surface area contributed by atoms with Gasteiger partial charge in [0, 0.05) is 42.6 Å². The summed E-state index contributed by atoms with van der Waals surface area (Å²) in [6, 6.07) is 8.97. The fraction of sp³-hybridized carbons (Fsp3) is 0.368. The third kappa shape index (κ3) is 4.62. The third-order valence-corrected chi connectivity index (χ3v) is 4.44. The van der Waals surface area contributed by atoms with Crippen LogP contribution in [0.2, 0.25) is 5.02 Å². The van der Waals surface area contributed by atoms with Gasteiger partial charge in [-0.1, -0.05) is 34.7 Å². The van der Waals surface area contributed by atoms with Gasteiger partial charge in [-0.25, -0.2) is 0 Å².